The van der Waals surface area contributed by atoms with Gasteiger partial charge in [0.1, 0.15) is 0 Å². The highest BCUT2D eigenvalue weighted by atomic mass is 31.1. The molecule has 0 radical (unpaired) electrons. The van der Waals surface area contributed by atoms with Crippen LogP contribution in [0.3, 0.4) is 0 Å². The second kappa shape index (κ2) is 23.0. The molecule has 4 fully saturated rings. The summed E-state index contributed by atoms with van der Waals surface area (Å²) in [6, 6.07) is 0. The Bertz CT molecular complexity index is 310. The molecule has 0 aromatic carbocycles. The molecular weight excluding hydrogens is 476 g/mol. The fourth-order valence-corrected chi connectivity index (χ4v) is 7.59. The van der Waals surface area contributed by atoms with Gasteiger partial charge in [0.05, 0.1) is 0 Å². The first-order chi connectivity index (χ1) is 15.7. The van der Waals surface area contributed by atoms with E-state index in [4.69, 9.17) is 19.6 Å². The van der Waals surface area contributed by atoms with Gasteiger partial charge in [-0.2, -0.15) is 0 Å². The highest BCUT2D eigenvalue weighted by Crippen LogP contribution is 2.31. The predicted molar refractivity (Wildman–Crippen MR) is 150 cm³/mol. The first kappa shape index (κ1) is 31.6. The maximum absolute atomic E-state index is 8.72. The van der Waals surface area contributed by atoms with Crippen LogP contribution >= 0.6 is 35.2 Å². The van der Waals surface area contributed by atoms with Crippen molar-refractivity contribution in [3.8, 4) is 0 Å². The van der Waals surface area contributed by atoms with Gasteiger partial charge in [0.2, 0.25) is 0 Å². The Balaban J connectivity index is 0.000000213. The summed E-state index contributed by atoms with van der Waals surface area (Å²) in [5, 5.41) is 0. The zero-order valence-electron chi connectivity index (χ0n) is 20.2. The number of hydrogen-bond donors (Lipinski definition) is 4. The minimum Gasteiger partial charge on any atom is -0.377 e. The summed E-state index contributed by atoms with van der Waals surface area (Å²) >= 11 is 0. The molecule has 0 aliphatic heterocycles. The quantitative estimate of drug-likeness (QED) is 0.283. The number of hydrogen-bond acceptors (Lipinski definition) is 4. The monoisotopic (exact) mass is 528 g/mol. The topological polar surface area (TPSA) is 80.9 Å². The molecular formula is C24H52O4P4. The Morgan fingerprint density at radius 1 is 0.281 bits per heavy atom. The normalized spacial score (nSPS) is 25.1. The van der Waals surface area contributed by atoms with E-state index in [1.54, 1.807) is 0 Å². The van der Waals surface area contributed by atoms with Crippen LogP contribution < -0.4 is 0 Å². The molecule has 0 amide bonds. The fraction of sp³-hybridized carbons (Fsp3) is 1.00. The van der Waals surface area contributed by atoms with Gasteiger partial charge in [-0.15, -0.1) is 0 Å². The van der Waals surface area contributed by atoms with Gasteiger partial charge in [-0.1, -0.05) is 77.0 Å². The van der Waals surface area contributed by atoms with Crippen molar-refractivity contribution in [2.75, 3.05) is 0 Å². The van der Waals surface area contributed by atoms with Crippen LogP contribution in [-0.4, -0.2) is 42.2 Å². The van der Waals surface area contributed by atoms with Crippen molar-refractivity contribution in [3.63, 3.8) is 0 Å². The molecule has 0 aromatic heterocycles. The first-order valence-electron chi connectivity index (χ1n) is 13.3. The van der Waals surface area contributed by atoms with Gasteiger partial charge in [-0.3, -0.25) is 0 Å². The molecule has 0 saturated heterocycles. The van der Waals surface area contributed by atoms with E-state index in [9.17, 15) is 0 Å². The van der Waals surface area contributed by atoms with Gasteiger partial charge < -0.3 is 19.6 Å². The van der Waals surface area contributed by atoms with Crippen molar-refractivity contribution in [1.82, 2.24) is 0 Å². The maximum Gasteiger partial charge on any atom is 0.0139 e. The van der Waals surface area contributed by atoms with E-state index in [-0.39, 0.29) is 35.2 Å². The van der Waals surface area contributed by atoms with Crippen LogP contribution in [0, 0.1) is 0 Å². The third kappa shape index (κ3) is 17.1. The van der Waals surface area contributed by atoms with Crippen molar-refractivity contribution in [2.24, 2.45) is 0 Å². The van der Waals surface area contributed by atoms with E-state index < -0.39 is 0 Å². The minimum atomic E-state index is 0.207. The Morgan fingerprint density at radius 3 is 0.531 bits per heavy atom. The molecule has 32 heavy (non-hydrogen) atoms. The van der Waals surface area contributed by atoms with Gasteiger partial charge in [-0.25, -0.2) is 0 Å². The molecule has 8 heteroatoms. The standard InChI is InChI=1S/4C6H13OP/c4*7-8-6-4-2-1-3-5-6/h4*6-8H,1-5H2. The summed E-state index contributed by atoms with van der Waals surface area (Å²) in [6.07, 6.45) is 26.5. The van der Waals surface area contributed by atoms with Gasteiger partial charge in [-0.05, 0) is 51.4 Å². The van der Waals surface area contributed by atoms with Crippen molar-refractivity contribution < 1.29 is 19.6 Å². The smallest absolute Gasteiger partial charge is 0.0139 e. The van der Waals surface area contributed by atoms with Crippen molar-refractivity contribution in [1.29, 1.82) is 0 Å². The predicted octanol–water partition coefficient (Wildman–Crippen LogP) is 7.62. The Kier molecular flexibility index (Phi) is 22.7. The zero-order valence-corrected chi connectivity index (χ0v) is 24.2. The minimum absolute atomic E-state index is 0.207. The lowest BCUT2D eigenvalue weighted by Gasteiger charge is -2.17. The van der Waals surface area contributed by atoms with Crippen LogP contribution in [0.2, 0.25) is 0 Å². The van der Waals surface area contributed by atoms with Crippen LogP contribution in [-0.2, 0) is 0 Å². The Morgan fingerprint density at radius 2 is 0.438 bits per heavy atom. The second-order valence-electron chi connectivity index (χ2n) is 9.86. The number of rotatable bonds is 4. The summed E-state index contributed by atoms with van der Waals surface area (Å²) < 4.78 is 0. The van der Waals surface area contributed by atoms with E-state index in [2.05, 4.69) is 0 Å². The van der Waals surface area contributed by atoms with Gasteiger partial charge in [0.15, 0.2) is 0 Å². The second-order valence-corrected chi connectivity index (χ2v) is 14.2. The van der Waals surface area contributed by atoms with Crippen LogP contribution in [0.25, 0.3) is 0 Å². The van der Waals surface area contributed by atoms with Crippen LogP contribution in [0.1, 0.15) is 128 Å². The van der Waals surface area contributed by atoms with Gasteiger partial charge in [0, 0.05) is 57.9 Å². The van der Waals surface area contributed by atoms with Crippen molar-refractivity contribution in [2.45, 2.75) is 151 Å². The molecule has 0 spiro atoms. The van der Waals surface area contributed by atoms with Gasteiger partial charge in [0.25, 0.3) is 0 Å². The highest BCUT2D eigenvalue weighted by Gasteiger charge is 2.13. The van der Waals surface area contributed by atoms with Crippen LogP contribution in [0.5, 0.6) is 0 Å². The highest BCUT2D eigenvalue weighted by molar-refractivity contribution is 7.32. The summed E-state index contributed by atoms with van der Waals surface area (Å²) in [7, 11) is 0.828. The molecule has 4 aliphatic carbocycles. The third-order valence-electron chi connectivity index (χ3n) is 7.15. The SMILES string of the molecule is OPC1CCCCC1.OPC1CCCCC1.OPC1CCCCC1.OPC1CCCCC1. The summed E-state index contributed by atoms with van der Waals surface area (Å²) in [5.74, 6) is 0. The average molecular weight is 529 g/mol. The summed E-state index contributed by atoms with van der Waals surface area (Å²) in [4.78, 5) is 34.9. The molecule has 0 bridgehead atoms. The summed E-state index contributed by atoms with van der Waals surface area (Å²) in [5.41, 5.74) is 2.68. The van der Waals surface area contributed by atoms with E-state index in [0.717, 1.165) is 0 Å². The Labute approximate surface area is 205 Å². The molecule has 4 unspecified atom stereocenters. The van der Waals surface area contributed by atoms with E-state index in [1.807, 2.05) is 0 Å². The van der Waals surface area contributed by atoms with Gasteiger partial charge >= 0.3 is 0 Å². The fourth-order valence-electron chi connectivity index (χ4n) is 4.93. The molecule has 0 aromatic rings. The molecule has 4 saturated carbocycles. The van der Waals surface area contributed by atoms with E-state index in [0.29, 0.717) is 22.6 Å². The molecule has 4 atom stereocenters. The molecule has 0 heterocycles. The van der Waals surface area contributed by atoms with E-state index in [1.165, 1.54) is 128 Å². The van der Waals surface area contributed by atoms with Crippen LogP contribution in [0.15, 0.2) is 0 Å². The van der Waals surface area contributed by atoms with Crippen molar-refractivity contribution in [3.05, 3.63) is 0 Å². The molecule has 4 rings (SSSR count). The first-order valence-corrected chi connectivity index (χ1v) is 17.4. The van der Waals surface area contributed by atoms with E-state index >= 15 is 0 Å². The average Bonchev–Trinajstić information content (AvgIpc) is 2.91. The molecule has 4 nitrogen and oxygen atoms in total. The lowest BCUT2D eigenvalue weighted by molar-refractivity contribution is 0.493. The van der Waals surface area contributed by atoms with Crippen molar-refractivity contribution >= 4 is 35.2 Å². The molecule has 192 valence electrons. The van der Waals surface area contributed by atoms with Crippen LogP contribution in [0.4, 0.5) is 0 Å². The summed E-state index contributed by atoms with van der Waals surface area (Å²) in [6.45, 7) is 0. The molecule has 4 aliphatic rings. The lowest BCUT2D eigenvalue weighted by atomic mass is 10.0. The largest absolute Gasteiger partial charge is 0.377 e. The lowest BCUT2D eigenvalue weighted by Crippen LogP contribution is -2.05. The Hall–Kier alpha value is 1.56. The zero-order chi connectivity index (χ0) is 23.3. The third-order valence-corrected chi connectivity index (χ3v) is 10.9. The molecule has 4 N–H and O–H groups in total. The maximum atomic E-state index is 8.72.